The van der Waals surface area contributed by atoms with E-state index in [-0.39, 0.29) is 0 Å². The maximum absolute atomic E-state index is 10.3. The van der Waals surface area contributed by atoms with E-state index >= 15 is 0 Å². The van der Waals surface area contributed by atoms with Crippen LogP contribution in [0.4, 0.5) is 5.82 Å². The van der Waals surface area contributed by atoms with Crippen molar-refractivity contribution in [2.24, 2.45) is 0 Å². The SMILES string of the molecule is CCCCC#Cc1nc(NC)c2ncn([C@@H]3O[C@H](CO)[C@@H](O)C3O)c2n1. The number of hydrogen-bond donors (Lipinski definition) is 4. The lowest BCUT2D eigenvalue weighted by molar-refractivity contribution is -0.0511. The number of fused-ring (bicyclic) bond motifs is 1. The van der Waals surface area contributed by atoms with E-state index in [9.17, 15) is 15.3 Å². The first kappa shape index (κ1) is 18.5. The molecule has 26 heavy (non-hydrogen) atoms. The van der Waals surface area contributed by atoms with Crippen LogP contribution >= 0.6 is 0 Å². The lowest BCUT2D eigenvalue weighted by atomic mass is 10.1. The van der Waals surface area contributed by atoms with Crippen molar-refractivity contribution in [3.05, 3.63) is 12.2 Å². The molecule has 0 aromatic carbocycles. The molecule has 9 nitrogen and oxygen atoms in total. The number of aliphatic hydroxyl groups excluding tert-OH is 3. The monoisotopic (exact) mass is 361 g/mol. The number of imidazole rings is 1. The van der Waals surface area contributed by atoms with Gasteiger partial charge in [0.15, 0.2) is 23.2 Å². The van der Waals surface area contributed by atoms with Crippen molar-refractivity contribution in [1.29, 1.82) is 0 Å². The number of ether oxygens (including phenoxy) is 1. The highest BCUT2D eigenvalue weighted by Crippen LogP contribution is 2.32. The van der Waals surface area contributed by atoms with Crippen molar-refractivity contribution in [1.82, 2.24) is 19.5 Å². The zero-order valence-electron chi connectivity index (χ0n) is 14.8. The van der Waals surface area contributed by atoms with E-state index in [0.717, 1.165) is 19.3 Å². The number of unbranched alkanes of at least 4 members (excludes halogenated alkanes) is 2. The van der Waals surface area contributed by atoms with Gasteiger partial charge in [0.1, 0.15) is 18.3 Å². The van der Waals surface area contributed by atoms with Crippen molar-refractivity contribution < 1.29 is 20.1 Å². The third-order valence-corrected chi connectivity index (χ3v) is 4.31. The summed E-state index contributed by atoms with van der Waals surface area (Å²) in [7, 11) is 1.72. The fraction of sp³-hybridized carbons (Fsp3) is 0.588. The van der Waals surface area contributed by atoms with Crippen molar-refractivity contribution in [3.63, 3.8) is 0 Å². The Kier molecular flexibility index (Phi) is 5.68. The minimum atomic E-state index is -1.21. The number of nitrogens with one attached hydrogen (secondary N) is 1. The molecule has 3 rings (SSSR count). The minimum Gasteiger partial charge on any atom is -0.394 e. The Labute approximate surface area is 151 Å². The maximum atomic E-state index is 10.3. The van der Waals surface area contributed by atoms with E-state index in [1.807, 2.05) is 0 Å². The van der Waals surface area contributed by atoms with E-state index in [1.54, 1.807) is 7.05 Å². The molecule has 1 aliphatic rings. The molecule has 0 radical (unpaired) electrons. The second-order valence-electron chi connectivity index (χ2n) is 6.10. The van der Waals surface area contributed by atoms with Gasteiger partial charge in [-0.3, -0.25) is 4.57 Å². The van der Waals surface area contributed by atoms with Crippen LogP contribution in [0.3, 0.4) is 0 Å². The zero-order chi connectivity index (χ0) is 18.7. The molecule has 0 amide bonds. The molecule has 1 aliphatic heterocycles. The van der Waals surface area contributed by atoms with Crippen LogP contribution in [0.2, 0.25) is 0 Å². The molecule has 140 valence electrons. The van der Waals surface area contributed by atoms with Crippen LogP contribution < -0.4 is 5.32 Å². The molecule has 1 fully saturated rings. The molecule has 0 aliphatic carbocycles. The van der Waals surface area contributed by atoms with Gasteiger partial charge in [-0.15, -0.1) is 0 Å². The number of nitrogens with zero attached hydrogens (tertiary/aromatic N) is 4. The van der Waals surface area contributed by atoms with Gasteiger partial charge in [-0.1, -0.05) is 19.3 Å². The molecule has 0 saturated carbocycles. The fourth-order valence-electron chi connectivity index (χ4n) is 2.85. The highest BCUT2D eigenvalue weighted by Gasteiger charge is 2.44. The highest BCUT2D eigenvalue weighted by molar-refractivity contribution is 5.83. The third kappa shape index (κ3) is 3.37. The summed E-state index contributed by atoms with van der Waals surface area (Å²) in [5.74, 6) is 6.85. The smallest absolute Gasteiger partial charge is 0.208 e. The largest absolute Gasteiger partial charge is 0.394 e. The quantitative estimate of drug-likeness (QED) is 0.434. The van der Waals surface area contributed by atoms with Crippen LogP contribution in [0, 0.1) is 11.8 Å². The van der Waals surface area contributed by atoms with Gasteiger partial charge >= 0.3 is 0 Å². The number of anilines is 1. The molecular formula is C17H23N5O4. The van der Waals surface area contributed by atoms with Gasteiger partial charge in [-0.2, -0.15) is 0 Å². The number of hydrogen-bond acceptors (Lipinski definition) is 8. The first-order chi connectivity index (χ1) is 12.6. The molecule has 4 N–H and O–H groups in total. The average Bonchev–Trinajstić information content (AvgIpc) is 3.19. The first-order valence-corrected chi connectivity index (χ1v) is 8.64. The zero-order valence-corrected chi connectivity index (χ0v) is 14.8. The summed E-state index contributed by atoms with van der Waals surface area (Å²) >= 11 is 0. The topological polar surface area (TPSA) is 126 Å². The first-order valence-electron chi connectivity index (χ1n) is 8.64. The van der Waals surface area contributed by atoms with Crippen LogP contribution in [0.1, 0.15) is 38.2 Å². The summed E-state index contributed by atoms with van der Waals surface area (Å²) in [5, 5.41) is 32.5. The van der Waals surface area contributed by atoms with Crippen molar-refractivity contribution in [3.8, 4) is 11.8 Å². The number of aromatic nitrogens is 4. The van der Waals surface area contributed by atoms with Crippen LogP contribution in [-0.2, 0) is 4.74 Å². The Morgan fingerprint density at radius 3 is 2.77 bits per heavy atom. The fourth-order valence-corrected chi connectivity index (χ4v) is 2.85. The van der Waals surface area contributed by atoms with Crippen molar-refractivity contribution in [2.75, 3.05) is 19.0 Å². The summed E-state index contributed by atoms with van der Waals surface area (Å²) in [5.41, 5.74) is 0.934. The van der Waals surface area contributed by atoms with Crippen LogP contribution in [0.15, 0.2) is 6.33 Å². The number of aliphatic hydroxyl groups is 3. The minimum absolute atomic E-state index is 0.339. The summed E-state index contributed by atoms with van der Waals surface area (Å²) in [6.45, 7) is 1.70. The summed E-state index contributed by atoms with van der Waals surface area (Å²) in [4.78, 5) is 13.1. The van der Waals surface area contributed by atoms with Gasteiger partial charge in [-0.25, -0.2) is 15.0 Å². The van der Waals surface area contributed by atoms with Gasteiger partial charge in [0.2, 0.25) is 5.82 Å². The number of rotatable bonds is 5. The lowest BCUT2D eigenvalue weighted by Crippen LogP contribution is -2.33. The van der Waals surface area contributed by atoms with Crippen LogP contribution in [-0.4, -0.2) is 66.8 Å². The predicted octanol–water partition coefficient (Wildman–Crippen LogP) is 0.0212. The molecule has 4 atom stereocenters. The highest BCUT2D eigenvalue weighted by atomic mass is 16.6. The van der Waals surface area contributed by atoms with E-state index in [4.69, 9.17) is 4.74 Å². The normalized spacial score (nSPS) is 25.3. The molecular weight excluding hydrogens is 338 g/mol. The summed E-state index contributed by atoms with van der Waals surface area (Å²) < 4.78 is 7.10. The van der Waals surface area contributed by atoms with E-state index in [2.05, 4.69) is 39.0 Å². The second-order valence-corrected chi connectivity index (χ2v) is 6.10. The van der Waals surface area contributed by atoms with Crippen LogP contribution in [0.5, 0.6) is 0 Å². The van der Waals surface area contributed by atoms with Crippen molar-refractivity contribution in [2.45, 2.75) is 50.7 Å². The maximum Gasteiger partial charge on any atom is 0.208 e. The molecule has 2 aromatic heterocycles. The molecule has 0 bridgehead atoms. The Hall–Kier alpha value is -2.25. The van der Waals surface area contributed by atoms with E-state index < -0.39 is 31.1 Å². The summed E-state index contributed by atoms with van der Waals surface area (Å²) in [6.07, 6.45) is 0.121. The Bertz CT molecular complexity index is 828. The predicted molar refractivity (Wildman–Crippen MR) is 94.3 cm³/mol. The molecule has 1 saturated heterocycles. The summed E-state index contributed by atoms with van der Waals surface area (Å²) in [6, 6.07) is 0. The second kappa shape index (κ2) is 7.97. The molecule has 2 aromatic rings. The van der Waals surface area contributed by atoms with Gasteiger partial charge in [0.25, 0.3) is 0 Å². The molecule has 0 spiro atoms. The lowest BCUT2D eigenvalue weighted by Gasteiger charge is -2.16. The van der Waals surface area contributed by atoms with Gasteiger partial charge in [0.05, 0.1) is 12.9 Å². The van der Waals surface area contributed by atoms with Gasteiger partial charge in [0, 0.05) is 13.5 Å². The van der Waals surface area contributed by atoms with Gasteiger partial charge in [-0.05, 0) is 12.3 Å². The molecule has 1 unspecified atom stereocenters. The van der Waals surface area contributed by atoms with Crippen molar-refractivity contribution >= 4 is 17.0 Å². The Morgan fingerprint density at radius 1 is 1.31 bits per heavy atom. The van der Waals surface area contributed by atoms with E-state index in [0.29, 0.717) is 22.8 Å². The van der Waals surface area contributed by atoms with E-state index in [1.165, 1.54) is 10.9 Å². The third-order valence-electron chi connectivity index (χ3n) is 4.31. The Balaban J connectivity index is 2.00. The average molecular weight is 361 g/mol. The molecule has 3 heterocycles. The molecule has 9 heteroatoms. The van der Waals surface area contributed by atoms with Crippen LogP contribution in [0.25, 0.3) is 11.2 Å². The van der Waals surface area contributed by atoms with Gasteiger partial charge < -0.3 is 25.4 Å². The Morgan fingerprint density at radius 2 is 2.12 bits per heavy atom. The standard InChI is InChI=1S/C17H23N5O4/c1-3-4-5-6-7-11-20-15(18-2)12-16(21-11)22(9-19-12)17-14(25)13(24)10(8-23)26-17/h9-10,13-14,17,23-25H,3-5,8H2,1-2H3,(H,18,20,21)/t10-,13-,14?,17-/m1/s1.